The summed E-state index contributed by atoms with van der Waals surface area (Å²) in [6.45, 7) is 5.55. The molecule has 1 N–H and O–H groups in total. The van der Waals surface area contributed by atoms with E-state index in [9.17, 15) is 18.0 Å². The molecule has 1 aliphatic carbocycles. The van der Waals surface area contributed by atoms with Crippen LogP contribution < -0.4 is 9.46 Å². The van der Waals surface area contributed by atoms with E-state index in [0.29, 0.717) is 24.4 Å². The number of aryl methyl sites for hydroxylation is 1. The molecule has 2 aromatic heterocycles. The fraction of sp³-hybridized carbons (Fsp3) is 0.488. The molecule has 2 aromatic carbocycles. The van der Waals surface area contributed by atoms with Crippen LogP contribution in [0.15, 0.2) is 42.6 Å². The van der Waals surface area contributed by atoms with Gasteiger partial charge < -0.3 is 19.1 Å². The van der Waals surface area contributed by atoms with Crippen LogP contribution in [0.2, 0.25) is 0 Å². The molecule has 280 valence electrons. The van der Waals surface area contributed by atoms with Gasteiger partial charge in [-0.05, 0) is 105 Å². The van der Waals surface area contributed by atoms with Crippen LogP contribution in [0, 0.1) is 0 Å². The van der Waals surface area contributed by atoms with Crippen molar-refractivity contribution < 1.29 is 22.7 Å². The number of likely N-dealkylation sites (N-methyl/N-ethyl adjacent to an activating group) is 1. The van der Waals surface area contributed by atoms with Gasteiger partial charge in [0.25, 0.3) is 11.8 Å². The highest BCUT2D eigenvalue weighted by Gasteiger charge is 2.43. The molecule has 11 nitrogen and oxygen atoms in total. The topological polar surface area (TPSA) is 119 Å². The Morgan fingerprint density at radius 3 is 2.42 bits per heavy atom. The second-order valence-electron chi connectivity index (χ2n) is 15.6. The third-order valence-electron chi connectivity index (χ3n) is 12.3. The maximum atomic E-state index is 14.6. The lowest BCUT2D eigenvalue weighted by Crippen LogP contribution is -2.54. The molecular formula is C41H50N6O5S. The van der Waals surface area contributed by atoms with Gasteiger partial charge in [0, 0.05) is 54.3 Å². The second kappa shape index (κ2) is 13.8. The van der Waals surface area contributed by atoms with E-state index >= 15 is 0 Å². The Hall–Kier alpha value is -4.42. The van der Waals surface area contributed by atoms with E-state index in [1.165, 1.54) is 12.0 Å². The SMILES string of the molecule is CCC(C)S(=O)(=O)NC(=O)c1ccc2c(C3CCCCC3)c3n(c2c1)CC(c1c(C(=O)N2C4CCC2CN(C)C4)cnn1C)=Cc1cc(OC)ccc1-3. The number of carbonyl (C=O) groups excluding carboxylic acids is 2. The molecule has 2 amide bonds. The molecule has 3 fully saturated rings. The van der Waals surface area contributed by atoms with Gasteiger partial charge in [-0.25, -0.2) is 13.1 Å². The Morgan fingerprint density at radius 2 is 1.72 bits per heavy atom. The minimum absolute atomic E-state index is 0.0201. The molecule has 8 rings (SSSR count). The molecule has 3 aliphatic heterocycles. The number of sulfonamides is 1. The zero-order chi connectivity index (χ0) is 37.2. The molecule has 5 heterocycles. The van der Waals surface area contributed by atoms with Gasteiger partial charge >= 0.3 is 0 Å². The fourth-order valence-electron chi connectivity index (χ4n) is 9.39. The highest BCUT2D eigenvalue weighted by atomic mass is 32.2. The van der Waals surface area contributed by atoms with Crippen molar-refractivity contribution in [1.29, 1.82) is 0 Å². The van der Waals surface area contributed by atoms with Crippen molar-refractivity contribution in [3.8, 4) is 17.0 Å². The number of fused-ring (bicyclic) bond motifs is 7. The number of carbonyl (C=O) groups is 2. The van der Waals surface area contributed by atoms with Crippen molar-refractivity contribution in [1.82, 2.24) is 28.9 Å². The van der Waals surface area contributed by atoms with Crippen LogP contribution in [0.5, 0.6) is 5.75 Å². The molecule has 2 saturated heterocycles. The predicted molar refractivity (Wildman–Crippen MR) is 207 cm³/mol. The van der Waals surface area contributed by atoms with Crippen LogP contribution in [0.3, 0.4) is 0 Å². The summed E-state index contributed by atoms with van der Waals surface area (Å²) >= 11 is 0. The Morgan fingerprint density at radius 1 is 0.981 bits per heavy atom. The number of aromatic nitrogens is 3. The standard InChI is InChI=1S/C41H50N6O5S/c1-6-25(2)53(50,51)43-40(48)27-12-16-34-36(20-27)46-22-29(38-35(21-42-45(38)4)41(49)47-30-13-14-31(47)24-44(3)23-30)18-28-19-32(52-5)15-17-33(28)39(46)37(34)26-10-8-7-9-11-26/h12,15-21,25-26,30-31H,6-11,13-14,22-24H2,1-5H3,(H,43,48). The van der Waals surface area contributed by atoms with Gasteiger partial charge in [-0.2, -0.15) is 5.10 Å². The van der Waals surface area contributed by atoms with E-state index in [0.717, 1.165) is 96.4 Å². The van der Waals surface area contributed by atoms with Crippen molar-refractivity contribution in [3.63, 3.8) is 0 Å². The third-order valence-corrected chi connectivity index (χ3v) is 14.1. The van der Waals surface area contributed by atoms with E-state index in [-0.39, 0.29) is 23.6 Å². The number of hydrogen-bond acceptors (Lipinski definition) is 7. The maximum Gasteiger partial charge on any atom is 0.264 e. The van der Waals surface area contributed by atoms with Crippen LogP contribution in [-0.2, 0) is 23.6 Å². The summed E-state index contributed by atoms with van der Waals surface area (Å²) in [4.78, 5) is 32.6. The van der Waals surface area contributed by atoms with Crippen molar-refractivity contribution >= 4 is 44.4 Å². The maximum absolute atomic E-state index is 14.6. The molecule has 3 atom stereocenters. The summed E-state index contributed by atoms with van der Waals surface area (Å²) in [6, 6.07) is 12.1. The first kappa shape index (κ1) is 35.6. The summed E-state index contributed by atoms with van der Waals surface area (Å²) in [7, 11) is 1.85. The van der Waals surface area contributed by atoms with Gasteiger partial charge in [0.1, 0.15) is 5.75 Å². The number of nitrogens with zero attached hydrogens (tertiary/aromatic N) is 5. The number of methoxy groups -OCH3 is 1. The number of nitrogens with one attached hydrogen (secondary N) is 1. The number of allylic oxidation sites excluding steroid dienone is 1. The number of piperazine rings is 1. The molecule has 0 spiro atoms. The summed E-state index contributed by atoms with van der Waals surface area (Å²) in [6.07, 6.45) is 11.9. The lowest BCUT2D eigenvalue weighted by Gasteiger charge is -2.39. The first-order chi connectivity index (χ1) is 25.5. The monoisotopic (exact) mass is 738 g/mol. The van der Waals surface area contributed by atoms with Gasteiger partial charge in [-0.15, -0.1) is 0 Å². The van der Waals surface area contributed by atoms with E-state index in [1.807, 2.05) is 29.9 Å². The van der Waals surface area contributed by atoms with Crippen LogP contribution >= 0.6 is 0 Å². The Balaban J connectivity index is 1.31. The lowest BCUT2D eigenvalue weighted by atomic mass is 9.81. The zero-order valence-corrected chi connectivity index (χ0v) is 32.2. The summed E-state index contributed by atoms with van der Waals surface area (Å²) in [5, 5.41) is 5.04. The summed E-state index contributed by atoms with van der Waals surface area (Å²) < 4.78 is 38.1. The Bertz CT molecular complexity index is 2230. The molecule has 12 heteroatoms. The highest BCUT2D eigenvalue weighted by molar-refractivity contribution is 7.90. The van der Waals surface area contributed by atoms with E-state index in [4.69, 9.17) is 4.74 Å². The smallest absolute Gasteiger partial charge is 0.264 e. The van der Waals surface area contributed by atoms with Crippen LogP contribution in [0.1, 0.15) is 109 Å². The average molecular weight is 739 g/mol. The van der Waals surface area contributed by atoms with E-state index in [1.54, 1.807) is 33.2 Å². The third kappa shape index (κ3) is 6.17. The van der Waals surface area contributed by atoms with Crippen LogP contribution in [0.4, 0.5) is 0 Å². The predicted octanol–water partition coefficient (Wildman–Crippen LogP) is 6.43. The van der Waals surface area contributed by atoms with E-state index in [2.05, 4.69) is 49.4 Å². The number of ether oxygens (including phenoxy) is 1. The largest absolute Gasteiger partial charge is 0.497 e. The van der Waals surface area contributed by atoms with Crippen molar-refractivity contribution in [2.75, 3.05) is 27.2 Å². The first-order valence-corrected chi connectivity index (χ1v) is 20.7. The summed E-state index contributed by atoms with van der Waals surface area (Å²) in [5.41, 5.74) is 7.80. The second-order valence-corrected chi connectivity index (χ2v) is 17.7. The molecule has 53 heavy (non-hydrogen) atoms. The highest BCUT2D eigenvalue weighted by Crippen LogP contribution is 2.48. The fourth-order valence-corrected chi connectivity index (χ4v) is 10.4. The molecular weight excluding hydrogens is 689 g/mol. The lowest BCUT2D eigenvalue weighted by molar-refractivity contribution is 0.0472. The Labute approximate surface area is 312 Å². The molecule has 4 aromatic rings. The number of benzene rings is 2. The number of amides is 2. The number of hydrogen-bond donors (Lipinski definition) is 1. The minimum atomic E-state index is -3.84. The molecule has 3 unspecified atom stereocenters. The van der Waals surface area contributed by atoms with Crippen molar-refractivity contribution in [3.05, 3.63) is 70.5 Å². The normalized spacial score (nSPS) is 21.2. The van der Waals surface area contributed by atoms with Crippen molar-refractivity contribution in [2.45, 2.75) is 95.0 Å². The van der Waals surface area contributed by atoms with Crippen molar-refractivity contribution in [2.24, 2.45) is 7.05 Å². The molecule has 1 saturated carbocycles. The van der Waals surface area contributed by atoms with Gasteiger partial charge in [-0.3, -0.25) is 14.3 Å². The number of likely N-dealkylation sites (tertiary alicyclic amines) is 1. The van der Waals surface area contributed by atoms with Gasteiger partial charge in [0.15, 0.2) is 0 Å². The van der Waals surface area contributed by atoms with Gasteiger partial charge in [0.05, 0.1) is 42.1 Å². The Kier molecular flexibility index (Phi) is 9.25. The molecule has 0 radical (unpaired) electrons. The quantitative estimate of drug-likeness (QED) is 0.222. The minimum Gasteiger partial charge on any atom is -0.497 e. The van der Waals surface area contributed by atoms with Gasteiger partial charge in [-0.1, -0.05) is 32.3 Å². The average Bonchev–Trinajstić information content (AvgIpc) is 3.74. The summed E-state index contributed by atoms with van der Waals surface area (Å²) in [5.74, 6) is 0.440. The molecule has 4 aliphatic rings. The van der Waals surface area contributed by atoms with Crippen LogP contribution in [-0.4, -0.2) is 89.0 Å². The molecule has 2 bridgehead atoms. The zero-order valence-electron chi connectivity index (χ0n) is 31.4. The first-order valence-electron chi connectivity index (χ1n) is 19.1. The van der Waals surface area contributed by atoms with E-state index < -0.39 is 21.2 Å². The number of rotatable bonds is 8. The van der Waals surface area contributed by atoms with Gasteiger partial charge in [0.2, 0.25) is 10.0 Å². The van der Waals surface area contributed by atoms with Crippen LogP contribution in [0.25, 0.3) is 33.8 Å².